The predicted octanol–water partition coefficient (Wildman–Crippen LogP) is -0.767. The van der Waals surface area contributed by atoms with Crippen LogP contribution in [0, 0.1) is 0 Å². The van der Waals surface area contributed by atoms with E-state index < -0.39 is 0 Å². The molecular formula is CuKNaZn. The molecule has 0 aliphatic heterocycles. The zero-order valence-electron chi connectivity index (χ0n) is 3.01. The van der Waals surface area contributed by atoms with Crippen LogP contribution in [0.3, 0.4) is 0 Å². The Morgan fingerprint density at radius 2 is 1.00 bits per heavy atom. The van der Waals surface area contributed by atoms with Crippen LogP contribution in [0.5, 0.6) is 0 Å². The van der Waals surface area contributed by atoms with Crippen molar-refractivity contribution in [2.24, 2.45) is 0 Å². The van der Waals surface area contributed by atoms with E-state index in [-0.39, 0.29) is 117 Å². The Labute approximate surface area is 114 Å². The summed E-state index contributed by atoms with van der Waals surface area (Å²) >= 11 is 0. The molecule has 4 heavy (non-hydrogen) atoms. The van der Waals surface area contributed by atoms with E-state index in [0.29, 0.717) is 0 Å². The Morgan fingerprint density at radius 1 is 1.00 bits per heavy atom. The molecule has 0 aromatic carbocycles. The van der Waals surface area contributed by atoms with Crippen molar-refractivity contribution in [3.63, 3.8) is 0 Å². The molecule has 4 heteroatoms. The third-order valence-corrected chi connectivity index (χ3v) is 0. The zero-order chi connectivity index (χ0) is 0. The smallest absolute Gasteiger partial charge is 0 e. The van der Waals surface area contributed by atoms with E-state index in [4.69, 9.17) is 0 Å². The zero-order valence-corrected chi connectivity index (χ0v) is 12.0. The van der Waals surface area contributed by atoms with Gasteiger partial charge in [0.25, 0.3) is 0 Å². The van der Waals surface area contributed by atoms with E-state index >= 15 is 0 Å². The van der Waals surface area contributed by atoms with Crippen LogP contribution < -0.4 is 0 Å². The molecule has 3 radical (unpaired) electrons. The Kier molecular flexibility index (Phi) is 99.2. The van der Waals surface area contributed by atoms with Crippen molar-refractivity contribution in [3.05, 3.63) is 0 Å². The largest absolute Gasteiger partial charge is 0 e. The second-order valence-electron chi connectivity index (χ2n) is 0. The molecular weight excluding hydrogens is 191 g/mol. The van der Waals surface area contributed by atoms with Crippen LogP contribution in [0.15, 0.2) is 0 Å². The minimum absolute atomic E-state index is 0. The number of hydrogen-bond donors (Lipinski definition) is 0. The molecule has 0 heterocycles. The molecule has 0 saturated carbocycles. The first-order valence-electron chi connectivity index (χ1n) is 0. The van der Waals surface area contributed by atoms with Crippen molar-refractivity contribution >= 4 is 80.9 Å². The van der Waals surface area contributed by atoms with E-state index in [9.17, 15) is 0 Å². The summed E-state index contributed by atoms with van der Waals surface area (Å²) in [5.74, 6) is 0. The van der Waals surface area contributed by atoms with Gasteiger partial charge < -0.3 is 0 Å². The average molecular weight is 191 g/mol. The maximum atomic E-state index is 0. The fraction of sp³-hybridized carbons (Fsp3) is 0. The molecule has 0 aromatic rings. The third kappa shape index (κ3) is 9.24. The third-order valence-electron chi connectivity index (χ3n) is 0. The van der Waals surface area contributed by atoms with Gasteiger partial charge in [-0.2, -0.15) is 0 Å². The van der Waals surface area contributed by atoms with Gasteiger partial charge in [-0.05, 0) is 0 Å². The fourth-order valence-corrected chi connectivity index (χ4v) is 0. The Hall–Kier alpha value is 3.78. The van der Waals surface area contributed by atoms with E-state index in [1.807, 2.05) is 0 Å². The molecule has 0 fully saturated rings. The van der Waals surface area contributed by atoms with Crippen molar-refractivity contribution in [1.29, 1.82) is 0 Å². The minimum atomic E-state index is 0. The fourth-order valence-electron chi connectivity index (χ4n) is 0. The van der Waals surface area contributed by atoms with Crippen LogP contribution >= 0.6 is 0 Å². The van der Waals surface area contributed by atoms with Gasteiger partial charge in [0.2, 0.25) is 0 Å². The first kappa shape index (κ1) is 25.0. The van der Waals surface area contributed by atoms with E-state index in [0.717, 1.165) is 0 Å². The molecule has 0 atom stereocenters. The summed E-state index contributed by atoms with van der Waals surface area (Å²) < 4.78 is 0. The molecule has 0 rings (SSSR count). The number of hydrogen-bond acceptors (Lipinski definition) is 0. The van der Waals surface area contributed by atoms with Crippen molar-refractivity contribution < 1.29 is 36.5 Å². The van der Waals surface area contributed by atoms with Crippen molar-refractivity contribution in [2.45, 2.75) is 0 Å². The molecule has 0 saturated heterocycles. The van der Waals surface area contributed by atoms with Crippen molar-refractivity contribution in [2.75, 3.05) is 0 Å². The first-order valence-corrected chi connectivity index (χ1v) is 0. The van der Waals surface area contributed by atoms with Gasteiger partial charge in [-0.3, -0.25) is 0 Å². The maximum Gasteiger partial charge on any atom is 0 e. The van der Waals surface area contributed by atoms with Crippen LogP contribution in [-0.4, -0.2) is 80.9 Å². The molecule has 0 aliphatic carbocycles. The average Bonchev–Trinajstić information content (AvgIpc) is 0. The van der Waals surface area contributed by atoms with Gasteiger partial charge in [-0.15, -0.1) is 0 Å². The quantitative estimate of drug-likeness (QED) is 0.441. The SMILES string of the molecule is [Cu].[K].[Na].[Zn]. The Balaban J connectivity index is 0. The van der Waals surface area contributed by atoms with Gasteiger partial charge in [0, 0.05) is 117 Å². The van der Waals surface area contributed by atoms with Gasteiger partial charge >= 0.3 is 0 Å². The van der Waals surface area contributed by atoms with E-state index in [1.165, 1.54) is 0 Å². The number of rotatable bonds is 0. The van der Waals surface area contributed by atoms with Crippen LogP contribution in [0.4, 0.5) is 0 Å². The van der Waals surface area contributed by atoms with Crippen LogP contribution in [0.2, 0.25) is 0 Å². The van der Waals surface area contributed by atoms with Crippen LogP contribution in [0.1, 0.15) is 0 Å². The summed E-state index contributed by atoms with van der Waals surface area (Å²) in [6.45, 7) is 0. The minimum Gasteiger partial charge on any atom is 0 e. The van der Waals surface area contributed by atoms with Gasteiger partial charge in [0.1, 0.15) is 0 Å². The molecule has 0 amide bonds. The Bertz CT molecular complexity index is 8.00. The van der Waals surface area contributed by atoms with Gasteiger partial charge in [0.05, 0.1) is 0 Å². The normalized spacial score (nSPS) is 0. The molecule has 0 spiro atoms. The molecule has 0 nitrogen and oxygen atoms in total. The van der Waals surface area contributed by atoms with E-state index in [1.54, 1.807) is 0 Å². The monoisotopic (exact) mass is 189 g/mol. The van der Waals surface area contributed by atoms with Crippen molar-refractivity contribution in [3.8, 4) is 0 Å². The summed E-state index contributed by atoms with van der Waals surface area (Å²) in [4.78, 5) is 0. The van der Waals surface area contributed by atoms with Crippen LogP contribution in [-0.2, 0) is 36.5 Å². The first-order chi connectivity index (χ1) is 0. The molecule has 0 unspecified atom stereocenters. The standard InChI is InChI=1S/Cu.K.Na.Zn. The van der Waals surface area contributed by atoms with Crippen LogP contribution in [0.25, 0.3) is 0 Å². The van der Waals surface area contributed by atoms with Gasteiger partial charge in [0.15, 0.2) is 0 Å². The van der Waals surface area contributed by atoms with E-state index in [2.05, 4.69) is 0 Å². The van der Waals surface area contributed by atoms with Gasteiger partial charge in [-0.1, -0.05) is 0 Å². The summed E-state index contributed by atoms with van der Waals surface area (Å²) in [7, 11) is 0. The van der Waals surface area contributed by atoms with Gasteiger partial charge in [-0.25, -0.2) is 0 Å². The molecule has 0 bridgehead atoms. The summed E-state index contributed by atoms with van der Waals surface area (Å²) in [6.07, 6.45) is 0. The predicted molar refractivity (Wildman–Crippen MR) is 11.5 cm³/mol. The molecule has 0 N–H and O–H groups in total. The Morgan fingerprint density at radius 3 is 1.00 bits per heavy atom. The molecule has 15 valence electrons. The molecule has 0 aliphatic rings. The molecule has 0 aromatic heterocycles. The summed E-state index contributed by atoms with van der Waals surface area (Å²) in [5, 5.41) is 0. The summed E-state index contributed by atoms with van der Waals surface area (Å²) in [6, 6.07) is 0. The second-order valence-corrected chi connectivity index (χ2v) is 0. The summed E-state index contributed by atoms with van der Waals surface area (Å²) in [5.41, 5.74) is 0. The topological polar surface area (TPSA) is 0 Å². The van der Waals surface area contributed by atoms with Crippen molar-refractivity contribution in [1.82, 2.24) is 0 Å². The maximum absolute atomic E-state index is 0. The second kappa shape index (κ2) is 15.9.